The number of hydrogen-bond acceptors (Lipinski definition) is 5. The van der Waals surface area contributed by atoms with E-state index in [1.54, 1.807) is 16.9 Å². The number of anilines is 1. The van der Waals surface area contributed by atoms with Crippen LogP contribution in [0.25, 0.3) is 0 Å². The molecule has 6 heteroatoms. The predicted octanol–water partition coefficient (Wildman–Crippen LogP) is 1.78. The highest BCUT2D eigenvalue weighted by atomic mass is 16.5. The van der Waals surface area contributed by atoms with Crippen LogP contribution in [0, 0.1) is 0 Å². The van der Waals surface area contributed by atoms with Gasteiger partial charge in [0.05, 0.1) is 31.1 Å². The van der Waals surface area contributed by atoms with Crippen LogP contribution in [0.1, 0.15) is 28.5 Å². The Hall–Kier alpha value is -2.37. The van der Waals surface area contributed by atoms with Crippen molar-refractivity contribution in [3.63, 3.8) is 0 Å². The molecule has 1 aromatic heterocycles. The first-order valence-corrected chi connectivity index (χ1v) is 6.44. The molecule has 0 unspecified atom stereocenters. The molecule has 0 radical (unpaired) electrons. The van der Waals surface area contributed by atoms with Crippen molar-refractivity contribution in [3.8, 4) is 0 Å². The lowest BCUT2D eigenvalue weighted by Crippen LogP contribution is -2.08. The first-order chi connectivity index (χ1) is 9.65. The zero-order chi connectivity index (χ0) is 14.5. The van der Waals surface area contributed by atoms with E-state index in [0.717, 1.165) is 23.4 Å². The summed E-state index contributed by atoms with van der Waals surface area (Å²) in [5.74, 6) is -0.318. The van der Waals surface area contributed by atoms with Crippen LogP contribution in [0.3, 0.4) is 0 Å². The molecule has 2 aromatic rings. The molecule has 2 rings (SSSR count). The molecule has 0 aliphatic rings. The van der Waals surface area contributed by atoms with Crippen LogP contribution in [0.5, 0.6) is 0 Å². The van der Waals surface area contributed by atoms with Crippen molar-refractivity contribution >= 4 is 11.7 Å². The van der Waals surface area contributed by atoms with Gasteiger partial charge in [0.25, 0.3) is 0 Å². The van der Waals surface area contributed by atoms with E-state index in [-0.39, 0.29) is 5.97 Å². The van der Waals surface area contributed by atoms with Gasteiger partial charge < -0.3 is 10.1 Å². The standard InChI is InChI=1S/C14H18N4O2/c1-4-10-7-11(14(19)20-3)5-6-13(10)15-8-12-9-16-17-18(12)2/h5-7,9,15H,4,8H2,1-3H3. The van der Waals surface area contributed by atoms with Gasteiger partial charge in [-0.3, -0.25) is 4.68 Å². The first kappa shape index (κ1) is 14.0. The molecule has 106 valence electrons. The van der Waals surface area contributed by atoms with Crippen molar-refractivity contribution in [2.24, 2.45) is 7.05 Å². The lowest BCUT2D eigenvalue weighted by molar-refractivity contribution is 0.0600. The third-order valence-corrected chi connectivity index (χ3v) is 3.18. The minimum atomic E-state index is -0.318. The molecule has 20 heavy (non-hydrogen) atoms. The molecule has 0 saturated carbocycles. The average Bonchev–Trinajstić information content (AvgIpc) is 2.89. The summed E-state index contributed by atoms with van der Waals surface area (Å²) >= 11 is 0. The molecule has 6 nitrogen and oxygen atoms in total. The second kappa shape index (κ2) is 6.18. The normalized spacial score (nSPS) is 10.3. The summed E-state index contributed by atoms with van der Waals surface area (Å²) in [5, 5.41) is 11.1. The number of methoxy groups -OCH3 is 1. The molecule has 0 amide bonds. The van der Waals surface area contributed by atoms with E-state index in [4.69, 9.17) is 4.74 Å². The number of ether oxygens (including phenoxy) is 1. The number of esters is 1. The third kappa shape index (κ3) is 2.96. The van der Waals surface area contributed by atoms with Gasteiger partial charge in [0, 0.05) is 12.7 Å². The summed E-state index contributed by atoms with van der Waals surface area (Å²) < 4.78 is 6.45. The van der Waals surface area contributed by atoms with Crippen molar-refractivity contribution < 1.29 is 9.53 Å². The average molecular weight is 274 g/mol. The van der Waals surface area contributed by atoms with E-state index in [0.29, 0.717) is 12.1 Å². The number of rotatable bonds is 5. The Bertz CT molecular complexity index is 607. The first-order valence-electron chi connectivity index (χ1n) is 6.44. The number of benzene rings is 1. The molecule has 0 aliphatic heterocycles. The zero-order valence-corrected chi connectivity index (χ0v) is 11.9. The van der Waals surface area contributed by atoms with Crippen LogP contribution in [0.15, 0.2) is 24.4 Å². The largest absolute Gasteiger partial charge is 0.465 e. The van der Waals surface area contributed by atoms with Crippen LogP contribution < -0.4 is 5.32 Å². The highest BCUT2D eigenvalue weighted by molar-refractivity contribution is 5.90. The van der Waals surface area contributed by atoms with Gasteiger partial charge in [0.1, 0.15) is 0 Å². The Morgan fingerprint density at radius 3 is 2.85 bits per heavy atom. The maximum atomic E-state index is 11.5. The summed E-state index contributed by atoms with van der Waals surface area (Å²) in [6, 6.07) is 5.51. The summed E-state index contributed by atoms with van der Waals surface area (Å²) in [6.07, 6.45) is 2.55. The Balaban J connectivity index is 2.15. The van der Waals surface area contributed by atoms with E-state index in [1.807, 2.05) is 26.1 Å². The number of nitrogens with one attached hydrogen (secondary N) is 1. The summed E-state index contributed by atoms with van der Waals surface area (Å²) in [7, 11) is 3.24. The third-order valence-electron chi connectivity index (χ3n) is 3.18. The second-order valence-corrected chi connectivity index (χ2v) is 4.42. The molecule has 0 aliphatic carbocycles. The smallest absolute Gasteiger partial charge is 0.337 e. The lowest BCUT2D eigenvalue weighted by atomic mass is 10.1. The molecule has 0 fully saturated rings. The SMILES string of the molecule is CCc1cc(C(=O)OC)ccc1NCc1cnnn1C. The minimum absolute atomic E-state index is 0.318. The summed E-state index contributed by atoms with van der Waals surface area (Å²) in [4.78, 5) is 11.5. The van der Waals surface area contributed by atoms with E-state index in [2.05, 4.69) is 15.6 Å². The monoisotopic (exact) mass is 274 g/mol. The van der Waals surface area contributed by atoms with Gasteiger partial charge >= 0.3 is 5.97 Å². The molecular weight excluding hydrogens is 256 g/mol. The Morgan fingerprint density at radius 2 is 2.25 bits per heavy atom. The fourth-order valence-corrected chi connectivity index (χ4v) is 1.96. The quantitative estimate of drug-likeness (QED) is 0.842. The fourth-order valence-electron chi connectivity index (χ4n) is 1.96. The highest BCUT2D eigenvalue weighted by Gasteiger charge is 2.09. The zero-order valence-electron chi connectivity index (χ0n) is 11.9. The van der Waals surface area contributed by atoms with Crippen LogP contribution in [-0.4, -0.2) is 28.1 Å². The maximum Gasteiger partial charge on any atom is 0.337 e. The van der Waals surface area contributed by atoms with Gasteiger partial charge in [-0.05, 0) is 30.2 Å². The van der Waals surface area contributed by atoms with Gasteiger partial charge in [0.15, 0.2) is 0 Å². The molecule has 1 aromatic carbocycles. The number of aryl methyl sites for hydroxylation is 2. The Morgan fingerprint density at radius 1 is 1.45 bits per heavy atom. The van der Waals surface area contributed by atoms with Gasteiger partial charge in [-0.2, -0.15) is 0 Å². The van der Waals surface area contributed by atoms with E-state index >= 15 is 0 Å². The van der Waals surface area contributed by atoms with Crippen molar-refractivity contribution in [3.05, 3.63) is 41.2 Å². The molecule has 0 saturated heterocycles. The predicted molar refractivity (Wildman–Crippen MR) is 75.5 cm³/mol. The van der Waals surface area contributed by atoms with Gasteiger partial charge in [-0.25, -0.2) is 4.79 Å². The molecule has 0 atom stereocenters. The van der Waals surface area contributed by atoms with Gasteiger partial charge in [-0.1, -0.05) is 12.1 Å². The maximum absolute atomic E-state index is 11.5. The molecule has 0 spiro atoms. The van der Waals surface area contributed by atoms with E-state index in [9.17, 15) is 4.79 Å². The summed E-state index contributed by atoms with van der Waals surface area (Å²) in [5.41, 5.74) is 3.63. The molecular formula is C14H18N4O2. The van der Waals surface area contributed by atoms with E-state index in [1.165, 1.54) is 7.11 Å². The van der Waals surface area contributed by atoms with E-state index < -0.39 is 0 Å². The van der Waals surface area contributed by atoms with Gasteiger partial charge in [0.2, 0.25) is 0 Å². The Labute approximate surface area is 117 Å². The number of carbonyl (C=O) groups excluding carboxylic acids is 1. The van der Waals surface area contributed by atoms with Crippen LogP contribution in [0.4, 0.5) is 5.69 Å². The number of carbonyl (C=O) groups is 1. The van der Waals surface area contributed by atoms with Crippen molar-refractivity contribution in [2.45, 2.75) is 19.9 Å². The van der Waals surface area contributed by atoms with Crippen molar-refractivity contribution in [1.82, 2.24) is 15.0 Å². The number of hydrogen-bond donors (Lipinski definition) is 1. The lowest BCUT2D eigenvalue weighted by Gasteiger charge is -2.12. The van der Waals surface area contributed by atoms with Crippen molar-refractivity contribution in [1.29, 1.82) is 0 Å². The minimum Gasteiger partial charge on any atom is -0.465 e. The second-order valence-electron chi connectivity index (χ2n) is 4.42. The van der Waals surface area contributed by atoms with Crippen molar-refractivity contribution in [2.75, 3.05) is 12.4 Å². The molecule has 1 heterocycles. The van der Waals surface area contributed by atoms with Crippen LogP contribution in [-0.2, 0) is 24.8 Å². The van der Waals surface area contributed by atoms with Crippen LogP contribution in [0.2, 0.25) is 0 Å². The Kier molecular flexibility index (Phi) is 4.34. The fraction of sp³-hybridized carbons (Fsp3) is 0.357. The topological polar surface area (TPSA) is 69.0 Å². The molecule has 1 N–H and O–H groups in total. The molecule has 0 bridgehead atoms. The van der Waals surface area contributed by atoms with Crippen LogP contribution >= 0.6 is 0 Å². The highest BCUT2D eigenvalue weighted by Crippen LogP contribution is 2.19. The van der Waals surface area contributed by atoms with Gasteiger partial charge in [-0.15, -0.1) is 5.10 Å². The number of aromatic nitrogens is 3. The number of nitrogens with zero attached hydrogens (tertiary/aromatic N) is 3. The summed E-state index contributed by atoms with van der Waals surface area (Å²) in [6.45, 7) is 2.68.